The van der Waals surface area contributed by atoms with Crippen LogP contribution in [-0.4, -0.2) is 16.6 Å². The minimum atomic E-state index is -0.563. The van der Waals surface area contributed by atoms with E-state index in [9.17, 15) is 14.0 Å². The van der Waals surface area contributed by atoms with Gasteiger partial charge in [-0.3, -0.25) is 9.59 Å². The Labute approximate surface area is 86.3 Å². The van der Waals surface area contributed by atoms with Crippen LogP contribution < -0.4 is 5.56 Å². The molecule has 0 aliphatic rings. The number of esters is 1. The van der Waals surface area contributed by atoms with E-state index in [0.717, 1.165) is 22.9 Å². The zero-order valence-electron chi connectivity index (χ0n) is 8.57. The molecule has 4 nitrogen and oxygen atoms in total. The van der Waals surface area contributed by atoms with E-state index < -0.39 is 17.3 Å². The van der Waals surface area contributed by atoms with Crippen molar-refractivity contribution >= 4 is 5.97 Å². The molecule has 0 bridgehead atoms. The highest BCUT2D eigenvalue weighted by Gasteiger charge is 2.07. The van der Waals surface area contributed by atoms with Crippen molar-refractivity contribution in [1.29, 1.82) is 0 Å². The Morgan fingerprint density at radius 2 is 2.20 bits per heavy atom. The number of halogens is 1. The molecule has 15 heavy (non-hydrogen) atoms. The SMILES string of the molecule is CC(C)OC(=O)Cn1cc(F)ccc1=O. The second-order valence-electron chi connectivity index (χ2n) is 3.35. The number of carbonyl (C=O) groups excluding carboxylic acids is 1. The van der Waals surface area contributed by atoms with E-state index in [2.05, 4.69) is 0 Å². The van der Waals surface area contributed by atoms with Gasteiger partial charge in [0, 0.05) is 12.3 Å². The summed E-state index contributed by atoms with van der Waals surface area (Å²) in [4.78, 5) is 22.4. The Morgan fingerprint density at radius 3 is 2.80 bits per heavy atom. The van der Waals surface area contributed by atoms with Crippen molar-refractivity contribution in [3.8, 4) is 0 Å². The van der Waals surface area contributed by atoms with E-state index in [1.54, 1.807) is 13.8 Å². The van der Waals surface area contributed by atoms with Gasteiger partial charge in [-0.05, 0) is 19.9 Å². The lowest BCUT2D eigenvalue weighted by atomic mass is 10.4. The lowest BCUT2D eigenvalue weighted by Gasteiger charge is -2.08. The molecular formula is C10H12FNO3. The van der Waals surface area contributed by atoms with E-state index in [0.29, 0.717) is 0 Å². The number of ether oxygens (including phenoxy) is 1. The normalized spacial score (nSPS) is 10.4. The van der Waals surface area contributed by atoms with Crippen molar-refractivity contribution in [3.05, 3.63) is 34.5 Å². The Morgan fingerprint density at radius 1 is 1.53 bits per heavy atom. The smallest absolute Gasteiger partial charge is 0.326 e. The van der Waals surface area contributed by atoms with Gasteiger partial charge in [0.15, 0.2) is 0 Å². The third-order valence-corrected chi connectivity index (χ3v) is 1.61. The summed E-state index contributed by atoms with van der Waals surface area (Å²) in [5.74, 6) is -1.12. The fraction of sp³-hybridized carbons (Fsp3) is 0.400. The quantitative estimate of drug-likeness (QED) is 0.702. The molecule has 5 heteroatoms. The van der Waals surface area contributed by atoms with Crippen molar-refractivity contribution in [2.75, 3.05) is 0 Å². The summed E-state index contributed by atoms with van der Waals surface area (Å²) in [5.41, 5.74) is -0.433. The van der Waals surface area contributed by atoms with Crippen LogP contribution in [0.3, 0.4) is 0 Å². The Hall–Kier alpha value is -1.65. The Bertz CT molecular complexity index is 411. The summed E-state index contributed by atoms with van der Waals surface area (Å²) in [6, 6.07) is 2.12. The molecule has 0 N–H and O–H groups in total. The Balaban J connectivity index is 2.76. The molecule has 1 heterocycles. The van der Waals surface area contributed by atoms with Crippen molar-refractivity contribution in [1.82, 2.24) is 4.57 Å². The molecule has 0 saturated heterocycles. The van der Waals surface area contributed by atoms with Gasteiger partial charge in [-0.1, -0.05) is 0 Å². The van der Waals surface area contributed by atoms with Crippen LogP contribution in [-0.2, 0) is 16.1 Å². The predicted octanol–water partition coefficient (Wildman–Crippen LogP) is 0.939. The van der Waals surface area contributed by atoms with E-state index in [-0.39, 0.29) is 12.6 Å². The molecule has 0 radical (unpaired) electrons. The summed E-state index contributed by atoms with van der Waals surface area (Å²) in [6.07, 6.45) is 0.728. The summed E-state index contributed by atoms with van der Waals surface area (Å²) < 4.78 is 18.5. The summed E-state index contributed by atoms with van der Waals surface area (Å²) in [6.45, 7) is 3.13. The number of aromatic nitrogens is 1. The molecule has 0 amide bonds. The van der Waals surface area contributed by atoms with Gasteiger partial charge >= 0.3 is 5.97 Å². The first-order valence-electron chi connectivity index (χ1n) is 4.54. The van der Waals surface area contributed by atoms with Crippen LogP contribution in [0.5, 0.6) is 0 Å². The van der Waals surface area contributed by atoms with Crippen LogP contribution in [0.4, 0.5) is 4.39 Å². The number of rotatable bonds is 3. The molecule has 0 fully saturated rings. The van der Waals surface area contributed by atoms with Gasteiger partial charge in [-0.15, -0.1) is 0 Å². The topological polar surface area (TPSA) is 48.3 Å². The second kappa shape index (κ2) is 4.72. The van der Waals surface area contributed by atoms with E-state index in [1.165, 1.54) is 0 Å². The number of hydrogen-bond acceptors (Lipinski definition) is 3. The molecule has 1 aromatic rings. The number of carbonyl (C=O) groups is 1. The average Bonchev–Trinajstić information content (AvgIpc) is 2.10. The van der Waals surface area contributed by atoms with Gasteiger partial charge in [0.2, 0.25) is 0 Å². The molecule has 0 aromatic carbocycles. The number of pyridine rings is 1. The maximum absolute atomic E-state index is 12.7. The van der Waals surface area contributed by atoms with Gasteiger partial charge in [-0.2, -0.15) is 0 Å². The van der Waals surface area contributed by atoms with E-state index >= 15 is 0 Å². The van der Waals surface area contributed by atoms with Crippen molar-refractivity contribution < 1.29 is 13.9 Å². The van der Waals surface area contributed by atoms with Crippen molar-refractivity contribution in [3.63, 3.8) is 0 Å². The zero-order valence-corrected chi connectivity index (χ0v) is 8.57. The highest BCUT2D eigenvalue weighted by Crippen LogP contribution is 1.95. The van der Waals surface area contributed by atoms with Gasteiger partial charge < -0.3 is 9.30 Å². The van der Waals surface area contributed by atoms with Gasteiger partial charge in [0.05, 0.1) is 6.10 Å². The molecular weight excluding hydrogens is 201 g/mol. The molecule has 0 aliphatic carbocycles. The lowest BCUT2D eigenvalue weighted by molar-refractivity contribution is -0.148. The first-order chi connectivity index (χ1) is 6.99. The predicted molar refractivity (Wildman–Crippen MR) is 51.9 cm³/mol. The summed E-state index contributed by atoms with van der Waals surface area (Å²) in [5, 5.41) is 0. The number of nitrogens with zero attached hydrogens (tertiary/aromatic N) is 1. The van der Waals surface area contributed by atoms with Gasteiger partial charge in [0.25, 0.3) is 5.56 Å². The van der Waals surface area contributed by atoms with E-state index in [1.807, 2.05) is 0 Å². The minimum absolute atomic E-state index is 0.248. The van der Waals surface area contributed by atoms with Crippen LogP contribution in [0, 0.1) is 5.82 Å². The first-order valence-corrected chi connectivity index (χ1v) is 4.54. The maximum atomic E-state index is 12.7. The van der Waals surface area contributed by atoms with Gasteiger partial charge in [-0.25, -0.2) is 4.39 Å². The third kappa shape index (κ3) is 3.53. The van der Waals surface area contributed by atoms with Crippen LogP contribution in [0.15, 0.2) is 23.1 Å². The molecule has 1 aromatic heterocycles. The highest BCUT2D eigenvalue weighted by molar-refractivity contribution is 5.69. The summed E-state index contributed by atoms with van der Waals surface area (Å²) >= 11 is 0. The molecule has 0 unspecified atom stereocenters. The molecule has 1 rings (SSSR count). The van der Waals surface area contributed by atoms with E-state index in [4.69, 9.17) is 4.74 Å². The monoisotopic (exact) mass is 213 g/mol. The second-order valence-corrected chi connectivity index (χ2v) is 3.35. The zero-order chi connectivity index (χ0) is 11.4. The standard InChI is InChI=1S/C10H12FNO3/c1-7(2)15-10(14)6-12-5-8(11)3-4-9(12)13/h3-5,7H,6H2,1-2H3. The van der Waals surface area contributed by atoms with Crippen LogP contribution >= 0.6 is 0 Å². The molecule has 0 spiro atoms. The fourth-order valence-electron chi connectivity index (χ4n) is 1.06. The Kier molecular flexibility index (Phi) is 3.60. The lowest BCUT2D eigenvalue weighted by Crippen LogP contribution is -2.25. The van der Waals surface area contributed by atoms with Crippen molar-refractivity contribution in [2.24, 2.45) is 0 Å². The molecule has 0 saturated carbocycles. The summed E-state index contributed by atoms with van der Waals surface area (Å²) in [7, 11) is 0. The first kappa shape index (κ1) is 11.4. The highest BCUT2D eigenvalue weighted by atomic mass is 19.1. The fourth-order valence-corrected chi connectivity index (χ4v) is 1.06. The molecule has 82 valence electrons. The van der Waals surface area contributed by atoms with Crippen LogP contribution in [0.1, 0.15) is 13.8 Å². The van der Waals surface area contributed by atoms with Gasteiger partial charge in [0.1, 0.15) is 12.4 Å². The maximum Gasteiger partial charge on any atom is 0.326 e. The minimum Gasteiger partial charge on any atom is -0.462 e. The molecule has 0 atom stereocenters. The third-order valence-electron chi connectivity index (χ3n) is 1.61. The van der Waals surface area contributed by atoms with Crippen LogP contribution in [0.2, 0.25) is 0 Å². The molecule has 0 aliphatic heterocycles. The number of hydrogen-bond donors (Lipinski definition) is 0. The van der Waals surface area contributed by atoms with Crippen molar-refractivity contribution in [2.45, 2.75) is 26.5 Å². The average molecular weight is 213 g/mol. The largest absolute Gasteiger partial charge is 0.462 e. The van der Waals surface area contributed by atoms with Crippen LogP contribution in [0.25, 0.3) is 0 Å².